The molecule has 0 unspecified atom stereocenters. The molecule has 1 aliphatic carbocycles. The predicted molar refractivity (Wildman–Crippen MR) is 110 cm³/mol. The van der Waals surface area contributed by atoms with Gasteiger partial charge in [0, 0.05) is 23.8 Å². The Morgan fingerprint density at radius 1 is 1.28 bits per heavy atom. The Kier molecular flexibility index (Phi) is 3.65. The first kappa shape index (κ1) is 17.3. The van der Waals surface area contributed by atoms with E-state index in [0.29, 0.717) is 23.4 Å². The van der Waals surface area contributed by atoms with Crippen LogP contribution < -0.4 is 11.4 Å². The lowest BCUT2D eigenvalue weighted by atomic mass is 9.95. The summed E-state index contributed by atoms with van der Waals surface area (Å²) in [6.07, 6.45) is 2.03. The van der Waals surface area contributed by atoms with Crippen LogP contribution in [0.1, 0.15) is 34.8 Å². The lowest BCUT2D eigenvalue weighted by Gasteiger charge is -2.14. The maximum Gasteiger partial charge on any atom is 0.326 e. The number of fused-ring (bicyclic) bond motifs is 2. The van der Waals surface area contributed by atoms with Gasteiger partial charge >= 0.3 is 5.69 Å². The fraction of sp³-hybridized carbons (Fsp3) is 0.227. The molecule has 2 aliphatic rings. The molecule has 1 aliphatic heterocycles. The van der Waals surface area contributed by atoms with Crippen LogP contribution in [0.15, 0.2) is 47.3 Å². The lowest BCUT2D eigenvalue weighted by Crippen LogP contribution is -2.26. The number of nitrogens with zero attached hydrogens (tertiary/aromatic N) is 3. The molecule has 5 rings (SSSR count). The van der Waals surface area contributed by atoms with Gasteiger partial charge in [-0.15, -0.1) is 0 Å². The molecule has 0 saturated heterocycles. The van der Waals surface area contributed by atoms with Crippen molar-refractivity contribution in [1.29, 1.82) is 5.26 Å². The van der Waals surface area contributed by atoms with Gasteiger partial charge in [0.05, 0.1) is 29.2 Å². The average Bonchev–Trinajstić information content (AvgIpc) is 3.40. The van der Waals surface area contributed by atoms with Gasteiger partial charge in [0.1, 0.15) is 0 Å². The van der Waals surface area contributed by atoms with Gasteiger partial charge in [0.2, 0.25) is 0 Å². The van der Waals surface area contributed by atoms with Crippen molar-refractivity contribution < 1.29 is 4.79 Å². The van der Waals surface area contributed by atoms with Gasteiger partial charge in [-0.3, -0.25) is 9.36 Å². The fourth-order valence-corrected chi connectivity index (χ4v) is 4.15. The number of carbonyl (C=O) groups is 1. The standard InChI is InChI=1S/C22H19N5O2/c1-12(9-23)10-26-11-16-15(5-6-17(24)20(16)21(26)28)13-2-7-18-19(8-13)27(14-3-4-14)22(29)25-18/h2,5-8,14H,1,3-4,10-11,24H2,(H,25,29). The van der Waals surface area contributed by atoms with Gasteiger partial charge in [0.15, 0.2) is 0 Å². The second-order valence-electron chi connectivity index (χ2n) is 7.70. The Hall–Kier alpha value is -3.79. The first-order chi connectivity index (χ1) is 14.0. The third-order valence-electron chi connectivity index (χ3n) is 5.68. The molecule has 0 bridgehead atoms. The van der Waals surface area contributed by atoms with Crippen LogP contribution in [0.3, 0.4) is 0 Å². The summed E-state index contributed by atoms with van der Waals surface area (Å²) in [6, 6.07) is 11.8. The molecule has 0 atom stereocenters. The van der Waals surface area contributed by atoms with E-state index in [0.717, 1.165) is 40.6 Å². The van der Waals surface area contributed by atoms with Crippen molar-refractivity contribution in [1.82, 2.24) is 14.5 Å². The molecule has 3 N–H and O–H groups in total. The first-order valence-electron chi connectivity index (χ1n) is 9.51. The number of nitriles is 1. The maximum atomic E-state index is 12.9. The Balaban J connectivity index is 1.63. The highest BCUT2D eigenvalue weighted by molar-refractivity contribution is 6.05. The number of aromatic nitrogens is 2. The van der Waals surface area contributed by atoms with E-state index >= 15 is 0 Å². The number of H-pyrrole nitrogens is 1. The maximum absolute atomic E-state index is 12.9. The minimum absolute atomic E-state index is 0.0847. The molecule has 0 radical (unpaired) electrons. The fourth-order valence-electron chi connectivity index (χ4n) is 4.15. The van der Waals surface area contributed by atoms with Crippen molar-refractivity contribution in [3.05, 3.63) is 64.1 Å². The number of hydrogen-bond acceptors (Lipinski definition) is 4. The van der Waals surface area contributed by atoms with Crippen molar-refractivity contribution in [2.45, 2.75) is 25.4 Å². The van der Waals surface area contributed by atoms with Gasteiger partial charge in [-0.1, -0.05) is 18.7 Å². The third-order valence-corrected chi connectivity index (χ3v) is 5.68. The zero-order chi connectivity index (χ0) is 20.3. The van der Waals surface area contributed by atoms with Crippen molar-refractivity contribution >= 4 is 22.6 Å². The number of carbonyl (C=O) groups excluding carboxylic acids is 1. The second kappa shape index (κ2) is 6.11. The summed E-state index contributed by atoms with van der Waals surface area (Å²) in [7, 11) is 0. The van der Waals surface area contributed by atoms with E-state index in [4.69, 9.17) is 11.0 Å². The number of anilines is 1. The molecule has 2 aromatic carbocycles. The zero-order valence-electron chi connectivity index (χ0n) is 15.7. The minimum atomic E-state index is -0.187. The highest BCUT2D eigenvalue weighted by atomic mass is 16.2. The van der Waals surface area contributed by atoms with Crippen LogP contribution in [0.25, 0.3) is 22.2 Å². The topological polar surface area (TPSA) is 108 Å². The normalized spacial score (nSPS) is 15.6. The molecule has 144 valence electrons. The summed E-state index contributed by atoms with van der Waals surface area (Å²) in [6.45, 7) is 4.24. The number of nitrogens with one attached hydrogen (secondary N) is 1. The van der Waals surface area contributed by atoms with Crippen LogP contribution in [0.2, 0.25) is 0 Å². The minimum Gasteiger partial charge on any atom is -0.398 e. The quantitative estimate of drug-likeness (QED) is 0.532. The van der Waals surface area contributed by atoms with Gasteiger partial charge in [0.25, 0.3) is 5.91 Å². The summed E-state index contributed by atoms with van der Waals surface area (Å²) in [5.74, 6) is -0.187. The smallest absolute Gasteiger partial charge is 0.326 e. The molecule has 1 amide bonds. The number of nitrogen functional groups attached to an aromatic ring is 1. The largest absolute Gasteiger partial charge is 0.398 e. The van der Waals surface area contributed by atoms with Crippen molar-refractivity contribution in [2.24, 2.45) is 0 Å². The van der Waals surface area contributed by atoms with E-state index in [1.54, 1.807) is 11.0 Å². The van der Waals surface area contributed by atoms with E-state index in [9.17, 15) is 9.59 Å². The SMILES string of the molecule is C=C(C#N)CN1Cc2c(-c3ccc4[nH]c(=O)n(C5CC5)c4c3)ccc(N)c2C1=O. The van der Waals surface area contributed by atoms with Crippen LogP contribution in [-0.4, -0.2) is 26.9 Å². The summed E-state index contributed by atoms with van der Waals surface area (Å²) < 4.78 is 1.82. The molecule has 7 heteroatoms. The second-order valence-corrected chi connectivity index (χ2v) is 7.70. The molecular weight excluding hydrogens is 366 g/mol. The molecule has 3 aromatic rings. The number of imidazole rings is 1. The molecule has 1 saturated carbocycles. The van der Waals surface area contributed by atoms with E-state index in [-0.39, 0.29) is 24.2 Å². The number of rotatable bonds is 4. The van der Waals surface area contributed by atoms with Crippen LogP contribution in [0, 0.1) is 11.3 Å². The van der Waals surface area contributed by atoms with Gasteiger partial charge in [-0.2, -0.15) is 5.26 Å². The lowest BCUT2D eigenvalue weighted by molar-refractivity contribution is 0.0794. The first-order valence-corrected chi connectivity index (χ1v) is 9.51. The molecule has 2 heterocycles. The van der Waals surface area contributed by atoms with Crippen LogP contribution >= 0.6 is 0 Å². The van der Waals surface area contributed by atoms with Crippen molar-refractivity contribution in [3.8, 4) is 17.2 Å². The Labute approximate surface area is 166 Å². The highest BCUT2D eigenvalue weighted by Crippen LogP contribution is 2.39. The molecule has 7 nitrogen and oxygen atoms in total. The van der Waals surface area contributed by atoms with E-state index in [2.05, 4.69) is 11.6 Å². The number of benzene rings is 2. The van der Waals surface area contributed by atoms with Crippen LogP contribution in [0.5, 0.6) is 0 Å². The van der Waals surface area contributed by atoms with Gasteiger partial charge < -0.3 is 15.6 Å². The third kappa shape index (κ3) is 2.64. The number of hydrogen-bond donors (Lipinski definition) is 2. The number of amides is 1. The van der Waals surface area contributed by atoms with Crippen LogP contribution in [0.4, 0.5) is 5.69 Å². The summed E-state index contributed by atoms with van der Waals surface area (Å²) in [4.78, 5) is 29.7. The Morgan fingerprint density at radius 2 is 2.07 bits per heavy atom. The molecule has 1 aromatic heterocycles. The van der Waals surface area contributed by atoms with Crippen molar-refractivity contribution in [2.75, 3.05) is 12.3 Å². The van der Waals surface area contributed by atoms with Gasteiger partial charge in [-0.25, -0.2) is 4.79 Å². The van der Waals surface area contributed by atoms with E-state index in [1.165, 1.54) is 0 Å². The number of aromatic amines is 1. The highest BCUT2D eigenvalue weighted by Gasteiger charge is 2.32. The van der Waals surface area contributed by atoms with Crippen LogP contribution in [-0.2, 0) is 6.54 Å². The number of nitrogens with two attached hydrogens (primary N) is 1. The van der Waals surface area contributed by atoms with E-state index < -0.39 is 0 Å². The summed E-state index contributed by atoms with van der Waals surface area (Å²) in [5.41, 5.74) is 11.6. The monoisotopic (exact) mass is 385 g/mol. The average molecular weight is 385 g/mol. The van der Waals surface area contributed by atoms with E-state index in [1.807, 2.05) is 34.9 Å². The molecule has 29 heavy (non-hydrogen) atoms. The molecular formula is C22H19N5O2. The summed E-state index contributed by atoms with van der Waals surface area (Å²) in [5, 5.41) is 9.02. The van der Waals surface area contributed by atoms with Crippen molar-refractivity contribution in [3.63, 3.8) is 0 Å². The molecule has 0 spiro atoms. The Bertz CT molecular complexity index is 1300. The van der Waals surface area contributed by atoms with Gasteiger partial charge in [-0.05, 0) is 47.7 Å². The Morgan fingerprint density at radius 3 is 2.79 bits per heavy atom. The zero-order valence-corrected chi connectivity index (χ0v) is 15.7. The molecule has 1 fully saturated rings. The summed E-state index contributed by atoms with van der Waals surface area (Å²) >= 11 is 0. The predicted octanol–water partition coefficient (Wildman–Crippen LogP) is 2.95.